The Balaban J connectivity index is 2.57. The van der Waals surface area contributed by atoms with E-state index in [9.17, 15) is 9.59 Å². The Labute approximate surface area is 60.6 Å². The zero-order chi connectivity index (χ0) is 7.56. The van der Waals surface area contributed by atoms with Crippen molar-refractivity contribution in [3.05, 3.63) is 0 Å². The maximum Gasteiger partial charge on any atom is 0.143 e. The lowest BCUT2D eigenvalue weighted by atomic mass is 10.0. The van der Waals surface area contributed by atoms with Crippen molar-refractivity contribution in [2.24, 2.45) is 5.92 Å². The Hall–Kier alpha value is -0.660. The van der Waals surface area contributed by atoms with Crippen LogP contribution < -0.4 is 0 Å². The third-order valence-electron chi connectivity index (χ3n) is 2.01. The summed E-state index contributed by atoms with van der Waals surface area (Å²) in [6.07, 6.45) is 2.58. The molecule has 1 aliphatic carbocycles. The van der Waals surface area contributed by atoms with Crippen molar-refractivity contribution in [3.63, 3.8) is 0 Å². The fourth-order valence-corrected chi connectivity index (χ4v) is 1.22. The monoisotopic (exact) mass is 140 g/mol. The SMILES string of the molecule is C[C@@H]1CCCC(=O)CC1=O. The number of hydrogen-bond acceptors (Lipinski definition) is 2. The molecule has 0 amide bonds. The molecule has 0 heterocycles. The first-order chi connectivity index (χ1) is 4.70. The molecule has 1 atom stereocenters. The second kappa shape index (κ2) is 2.95. The fraction of sp³-hybridized carbons (Fsp3) is 0.750. The summed E-state index contributed by atoms with van der Waals surface area (Å²) in [5, 5.41) is 0. The zero-order valence-electron chi connectivity index (χ0n) is 6.22. The number of carbonyl (C=O) groups excluding carboxylic acids is 2. The third-order valence-corrected chi connectivity index (χ3v) is 2.01. The molecule has 0 aromatic carbocycles. The van der Waals surface area contributed by atoms with Crippen LogP contribution in [0.25, 0.3) is 0 Å². The van der Waals surface area contributed by atoms with Crippen LogP contribution in [-0.4, -0.2) is 11.6 Å². The van der Waals surface area contributed by atoms with Gasteiger partial charge in [-0.3, -0.25) is 9.59 Å². The van der Waals surface area contributed by atoms with Gasteiger partial charge in [-0.1, -0.05) is 6.92 Å². The third kappa shape index (κ3) is 1.66. The van der Waals surface area contributed by atoms with E-state index in [1.807, 2.05) is 6.92 Å². The summed E-state index contributed by atoms with van der Waals surface area (Å²) in [5.74, 6) is 0.364. The van der Waals surface area contributed by atoms with Crippen molar-refractivity contribution in [2.45, 2.75) is 32.6 Å². The minimum absolute atomic E-state index is 0.117. The number of rotatable bonds is 0. The predicted octanol–water partition coefficient (Wildman–Crippen LogP) is 1.33. The van der Waals surface area contributed by atoms with Gasteiger partial charge in [0, 0.05) is 12.3 Å². The van der Waals surface area contributed by atoms with Crippen LogP contribution in [0.2, 0.25) is 0 Å². The van der Waals surface area contributed by atoms with Gasteiger partial charge in [0.05, 0.1) is 6.42 Å². The Morgan fingerprint density at radius 3 is 2.80 bits per heavy atom. The Morgan fingerprint density at radius 2 is 2.10 bits per heavy atom. The van der Waals surface area contributed by atoms with Gasteiger partial charge in [-0.15, -0.1) is 0 Å². The van der Waals surface area contributed by atoms with Crippen molar-refractivity contribution in [3.8, 4) is 0 Å². The Kier molecular flexibility index (Phi) is 2.20. The highest BCUT2D eigenvalue weighted by Crippen LogP contribution is 2.16. The van der Waals surface area contributed by atoms with E-state index in [4.69, 9.17) is 0 Å². The zero-order valence-corrected chi connectivity index (χ0v) is 6.22. The first-order valence-corrected chi connectivity index (χ1v) is 3.74. The van der Waals surface area contributed by atoms with Gasteiger partial charge < -0.3 is 0 Å². The maximum absolute atomic E-state index is 11.0. The molecule has 0 N–H and O–H groups in total. The standard InChI is InChI=1S/C8H12O2/c1-6-3-2-4-7(9)5-8(6)10/h6H,2-5H2,1H3/t6-/m1/s1. The number of Topliss-reactive ketones (excluding diaryl/α,β-unsaturated/α-hetero) is 2. The molecule has 0 saturated heterocycles. The summed E-state index contributed by atoms with van der Waals surface area (Å²) < 4.78 is 0. The molecule has 0 bridgehead atoms. The molecule has 10 heavy (non-hydrogen) atoms. The van der Waals surface area contributed by atoms with Crippen molar-refractivity contribution < 1.29 is 9.59 Å². The predicted molar refractivity (Wildman–Crippen MR) is 37.6 cm³/mol. The van der Waals surface area contributed by atoms with E-state index in [0.717, 1.165) is 12.8 Å². The van der Waals surface area contributed by atoms with Gasteiger partial charge in [0.25, 0.3) is 0 Å². The van der Waals surface area contributed by atoms with Crippen molar-refractivity contribution in [1.82, 2.24) is 0 Å². The van der Waals surface area contributed by atoms with Crippen LogP contribution in [0.4, 0.5) is 0 Å². The van der Waals surface area contributed by atoms with Gasteiger partial charge in [-0.2, -0.15) is 0 Å². The summed E-state index contributed by atoms with van der Waals surface area (Å²) in [5.41, 5.74) is 0. The van der Waals surface area contributed by atoms with Gasteiger partial charge >= 0.3 is 0 Å². The van der Waals surface area contributed by atoms with Crippen LogP contribution >= 0.6 is 0 Å². The van der Waals surface area contributed by atoms with Gasteiger partial charge in [0.2, 0.25) is 0 Å². The molecule has 1 fully saturated rings. The molecule has 1 rings (SSSR count). The fourth-order valence-electron chi connectivity index (χ4n) is 1.22. The highest BCUT2D eigenvalue weighted by atomic mass is 16.1. The van der Waals surface area contributed by atoms with E-state index < -0.39 is 0 Å². The quantitative estimate of drug-likeness (QED) is 0.376. The molecular formula is C8H12O2. The summed E-state index contributed by atoms with van der Waals surface area (Å²) in [7, 11) is 0. The minimum atomic E-state index is 0.117. The largest absolute Gasteiger partial charge is 0.299 e. The molecule has 56 valence electrons. The van der Waals surface area contributed by atoms with E-state index in [1.54, 1.807) is 0 Å². The van der Waals surface area contributed by atoms with Crippen LogP contribution in [0, 0.1) is 5.92 Å². The van der Waals surface area contributed by atoms with Crippen molar-refractivity contribution >= 4 is 11.6 Å². The van der Waals surface area contributed by atoms with Gasteiger partial charge in [0.1, 0.15) is 11.6 Å². The number of carbonyl (C=O) groups is 2. The van der Waals surface area contributed by atoms with E-state index >= 15 is 0 Å². The molecule has 0 aliphatic heterocycles. The second-order valence-corrected chi connectivity index (χ2v) is 2.98. The molecule has 1 aliphatic rings. The van der Waals surface area contributed by atoms with Crippen LogP contribution in [0.3, 0.4) is 0 Å². The van der Waals surface area contributed by atoms with Gasteiger partial charge in [-0.25, -0.2) is 0 Å². The molecule has 0 spiro atoms. The van der Waals surface area contributed by atoms with Crippen LogP contribution in [-0.2, 0) is 9.59 Å². The topological polar surface area (TPSA) is 34.1 Å². The minimum Gasteiger partial charge on any atom is -0.299 e. The molecule has 0 aromatic heterocycles. The summed E-state index contributed by atoms with van der Waals surface area (Å²) in [4.78, 5) is 21.8. The number of ketones is 2. The molecule has 1 saturated carbocycles. The van der Waals surface area contributed by atoms with E-state index in [-0.39, 0.29) is 23.9 Å². The molecule has 0 radical (unpaired) electrons. The van der Waals surface area contributed by atoms with Crippen molar-refractivity contribution in [2.75, 3.05) is 0 Å². The van der Waals surface area contributed by atoms with E-state index in [1.165, 1.54) is 0 Å². The first-order valence-electron chi connectivity index (χ1n) is 3.74. The van der Waals surface area contributed by atoms with E-state index in [2.05, 4.69) is 0 Å². The normalized spacial score (nSPS) is 28.3. The Bertz CT molecular complexity index is 161. The molecule has 0 aromatic rings. The molecule has 2 heteroatoms. The lowest BCUT2D eigenvalue weighted by Gasteiger charge is -2.01. The summed E-state index contributed by atoms with van der Waals surface area (Å²) in [6.45, 7) is 1.90. The maximum atomic E-state index is 11.0. The van der Waals surface area contributed by atoms with Crippen LogP contribution in [0.5, 0.6) is 0 Å². The highest BCUT2D eigenvalue weighted by molar-refractivity contribution is 6.00. The lowest BCUT2D eigenvalue weighted by Crippen LogP contribution is -2.10. The van der Waals surface area contributed by atoms with Gasteiger partial charge in [-0.05, 0) is 12.8 Å². The summed E-state index contributed by atoms with van der Waals surface area (Å²) >= 11 is 0. The number of hydrogen-bond donors (Lipinski definition) is 0. The average molecular weight is 140 g/mol. The molecular weight excluding hydrogens is 128 g/mol. The average Bonchev–Trinajstić information content (AvgIpc) is 1.96. The van der Waals surface area contributed by atoms with Crippen molar-refractivity contribution in [1.29, 1.82) is 0 Å². The van der Waals surface area contributed by atoms with Crippen LogP contribution in [0.1, 0.15) is 32.6 Å². The second-order valence-electron chi connectivity index (χ2n) is 2.98. The smallest absolute Gasteiger partial charge is 0.143 e. The highest BCUT2D eigenvalue weighted by Gasteiger charge is 2.20. The Morgan fingerprint density at radius 1 is 1.40 bits per heavy atom. The molecule has 0 unspecified atom stereocenters. The first kappa shape index (κ1) is 7.45. The molecule has 2 nitrogen and oxygen atoms in total. The van der Waals surface area contributed by atoms with Crippen LogP contribution in [0.15, 0.2) is 0 Å². The lowest BCUT2D eigenvalue weighted by molar-refractivity contribution is -0.127. The van der Waals surface area contributed by atoms with E-state index in [0.29, 0.717) is 6.42 Å². The van der Waals surface area contributed by atoms with Gasteiger partial charge in [0.15, 0.2) is 0 Å². The summed E-state index contributed by atoms with van der Waals surface area (Å²) in [6, 6.07) is 0.